The predicted octanol–water partition coefficient (Wildman–Crippen LogP) is 1.40. The Morgan fingerprint density at radius 3 is 2.50 bits per heavy atom. The maximum absolute atomic E-state index is 13.1. The van der Waals surface area contributed by atoms with Gasteiger partial charge in [0.25, 0.3) is 0 Å². The van der Waals surface area contributed by atoms with Gasteiger partial charge in [-0.3, -0.25) is 14.6 Å². The minimum Gasteiger partial charge on any atom is -0.369 e. The molecule has 3 rings (SSSR count). The van der Waals surface area contributed by atoms with Crippen LogP contribution in [-0.2, 0) is 6.54 Å². The number of aromatic nitrogens is 2. The van der Waals surface area contributed by atoms with Crippen LogP contribution in [0.3, 0.4) is 0 Å². The first kappa shape index (κ1) is 20.1. The minimum absolute atomic E-state index is 0.183. The Balaban J connectivity index is 1.28. The molecule has 2 N–H and O–H groups in total. The molecule has 1 aromatic carbocycles. The average molecular weight is 388 g/mol. The average Bonchev–Trinajstić information content (AvgIpc) is 3.24. The Labute approximate surface area is 166 Å². The van der Waals surface area contributed by atoms with Crippen molar-refractivity contribution < 1.29 is 4.39 Å². The van der Waals surface area contributed by atoms with Crippen molar-refractivity contribution in [2.45, 2.75) is 13.0 Å². The lowest BCUT2D eigenvalue weighted by Crippen LogP contribution is -2.49. The van der Waals surface area contributed by atoms with Crippen LogP contribution in [0.25, 0.3) is 0 Å². The number of halogens is 1. The lowest BCUT2D eigenvalue weighted by molar-refractivity contribution is 0.261. The van der Waals surface area contributed by atoms with Gasteiger partial charge < -0.3 is 15.5 Å². The second-order valence-electron chi connectivity index (χ2n) is 6.85. The van der Waals surface area contributed by atoms with Crippen molar-refractivity contribution in [3.05, 3.63) is 48.5 Å². The largest absolute Gasteiger partial charge is 0.369 e. The summed E-state index contributed by atoms with van der Waals surface area (Å²) in [5.74, 6) is 0.655. The lowest BCUT2D eigenvalue weighted by Gasteiger charge is -2.36. The van der Waals surface area contributed by atoms with Crippen LogP contribution in [0, 0.1) is 5.82 Å². The summed E-state index contributed by atoms with van der Waals surface area (Å²) in [6.07, 6.45) is 4.77. The number of hydrogen-bond donors (Lipinski definition) is 2. The molecule has 1 aliphatic heterocycles. The van der Waals surface area contributed by atoms with E-state index < -0.39 is 0 Å². The summed E-state index contributed by atoms with van der Waals surface area (Å²) >= 11 is 0. The first-order valence-electron chi connectivity index (χ1n) is 9.89. The molecule has 7 nitrogen and oxygen atoms in total. The quantitative estimate of drug-likeness (QED) is 0.407. The predicted molar refractivity (Wildman–Crippen MR) is 111 cm³/mol. The van der Waals surface area contributed by atoms with Crippen LogP contribution in [0.15, 0.2) is 47.7 Å². The molecule has 0 bridgehead atoms. The standard InChI is InChI=1S/C20H30FN7/c1-22-20(23-8-2-11-28-12-3-9-25-28)24-10-13-26-14-16-27(17-15-26)19-6-4-18(21)5-7-19/h3-7,9,12H,2,8,10-11,13-17H2,1H3,(H2,22,23,24). The third-order valence-corrected chi connectivity index (χ3v) is 4.92. The van der Waals surface area contributed by atoms with Crippen molar-refractivity contribution in [1.82, 2.24) is 25.3 Å². The van der Waals surface area contributed by atoms with Crippen molar-refractivity contribution in [3.8, 4) is 0 Å². The molecule has 152 valence electrons. The van der Waals surface area contributed by atoms with E-state index in [9.17, 15) is 4.39 Å². The highest BCUT2D eigenvalue weighted by molar-refractivity contribution is 5.79. The van der Waals surface area contributed by atoms with Gasteiger partial charge in [0.15, 0.2) is 5.96 Å². The van der Waals surface area contributed by atoms with E-state index in [1.165, 1.54) is 12.1 Å². The highest BCUT2D eigenvalue weighted by Gasteiger charge is 2.16. The monoisotopic (exact) mass is 387 g/mol. The number of aliphatic imine (C=N–C) groups is 1. The Hall–Kier alpha value is -2.61. The van der Waals surface area contributed by atoms with Gasteiger partial charge >= 0.3 is 0 Å². The van der Waals surface area contributed by atoms with E-state index in [0.717, 1.165) is 70.4 Å². The number of nitrogens with zero attached hydrogens (tertiary/aromatic N) is 5. The molecule has 0 spiro atoms. The number of benzene rings is 1. The number of guanidine groups is 1. The summed E-state index contributed by atoms with van der Waals surface area (Å²) in [5, 5.41) is 10.9. The van der Waals surface area contributed by atoms with Crippen molar-refractivity contribution in [2.24, 2.45) is 4.99 Å². The molecule has 2 heterocycles. The van der Waals surface area contributed by atoms with E-state index in [1.54, 1.807) is 13.2 Å². The smallest absolute Gasteiger partial charge is 0.191 e. The molecule has 0 atom stereocenters. The van der Waals surface area contributed by atoms with Gasteiger partial charge in [-0.05, 0) is 36.8 Å². The molecule has 1 fully saturated rings. The van der Waals surface area contributed by atoms with E-state index in [2.05, 4.69) is 30.5 Å². The van der Waals surface area contributed by atoms with Crippen molar-refractivity contribution in [3.63, 3.8) is 0 Å². The summed E-state index contributed by atoms with van der Waals surface area (Å²) in [4.78, 5) is 9.03. The normalized spacial score (nSPS) is 15.6. The van der Waals surface area contributed by atoms with Gasteiger partial charge in [0.05, 0.1) is 0 Å². The second-order valence-corrected chi connectivity index (χ2v) is 6.85. The number of anilines is 1. The zero-order valence-electron chi connectivity index (χ0n) is 16.5. The third-order valence-electron chi connectivity index (χ3n) is 4.92. The molecule has 0 amide bonds. The second kappa shape index (κ2) is 10.7. The van der Waals surface area contributed by atoms with E-state index >= 15 is 0 Å². The SMILES string of the molecule is CN=C(NCCCn1cccn1)NCCN1CCN(c2ccc(F)cc2)CC1. The topological polar surface area (TPSA) is 60.7 Å². The molecule has 1 aromatic heterocycles. The van der Waals surface area contributed by atoms with Gasteiger partial charge in [-0.15, -0.1) is 0 Å². The first-order chi connectivity index (χ1) is 13.7. The lowest BCUT2D eigenvalue weighted by atomic mass is 10.2. The molecule has 0 radical (unpaired) electrons. The van der Waals surface area contributed by atoms with Crippen LogP contribution >= 0.6 is 0 Å². The van der Waals surface area contributed by atoms with Gasteiger partial charge in [-0.25, -0.2) is 4.39 Å². The van der Waals surface area contributed by atoms with Crippen LogP contribution in [0.4, 0.5) is 10.1 Å². The minimum atomic E-state index is -0.183. The van der Waals surface area contributed by atoms with Crippen LogP contribution in [0.5, 0.6) is 0 Å². The van der Waals surface area contributed by atoms with Crippen molar-refractivity contribution in [1.29, 1.82) is 0 Å². The molecular weight excluding hydrogens is 357 g/mol. The number of rotatable bonds is 8. The summed E-state index contributed by atoms with van der Waals surface area (Å²) in [6.45, 7) is 7.54. The van der Waals surface area contributed by atoms with E-state index in [4.69, 9.17) is 0 Å². The third kappa shape index (κ3) is 6.23. The van der Waals surface area contributed by atoms with E-state index in [-0.39, 0.29) is 5.82 Å². The molecule has 1 aliphatic rings. The highest BCUT2D eigenvalue weighted by Crippen LogP contribution is 2.16. The molecule has 0 aliphatic carbocycles. The number of nitrogens with one attached hydrogen (secondary N) is 2. The first-order valence-corrected chi connectivity index (χ1v) is 9.89. The number of aryl methyl sites for hydroxylation is 1. The number of piperazine rings is 1. The molecule has 0 unspecified atom stereocenters. The van der Waals surface area contributed by atoms with Gasteiger partial charge in [0.1, 0.15) is 5.82 Å². The van der Waals surface area contributed by atoms with Crippen LogP contribution in [0.1, 0.15) is 6.42 Å². The summed E-state index contributed by atoms with van der Waals surface area (Å²) < 4.78 is 15.0. The van der Waals surface area contributed by atoms with E-state index in [0.29, 0.717) is 0 Å². The molecule has 2 aromatic rings. The fraction of sp³-hybridized carbons (Fsp3) is 0.500. The maximum Gasteiger partial charge on any atom is 0.191 e. The Morgan fingerprint density at radius 1 is 1.07 bits per heavy atom. The Morgan fingerprint density at radius 2 is 1.82 bits per heavy atom. The highest BCUT2D eigenvalue weighted by atomic mass is 19.1. The fourth-order valence-electron chi connectivity index (χ4n) is 3.32. The van der Waals surface area contributed by atoms with Crippen LogP contribution in [-0.4, -0.2) is 73.5 Å². The van der Waals surface area contributed by atoms with Gasteiger partial charge in [-0.2, -0.15) is 5.10 Å². The summed E-state index contributed by atoms with van der Waals surface area (Å²) in [6, 6.07) is 8.70. The Bertz CT molecular complexity index is 707. The molecule has 8 heteroatoms. The zero-order chi connectivity index (χ0) is 19.6. The molecule has 28 heavy (non-hydrogen) atoms. The zero-order valence-corrected chi connectivity index (χ0v) is 16.5. The summed E-state index contributed by atoms with van der Waals surface area (Å²) in [7, 11) is 1.80. The van der Waals surface area contributed by atoms with Gasteiger partial charge in [0, 0.05) is 77.5 Å². The molecule has 0 saturated carbocycles. The van der Waals surface area contributed by atoms with Gasteiger partial charge in [-0.1, -0.05) is 0 Å². The maximum atomic E-state index is 13.1. The fourth-order valence-corrected chi connectivity index (χ4v) is 3.32. The van der Waals surface area contributed by atoms with E-state index in [1.807, 2.05) is 29.1 Å². The molecular formula is C20H30FN7. The van der Waals surface area contributed by atoms with Gasteiger partial charge in [0.2, 0.25) is 0 Å². The van der Waals surface area contributed by atoms with Crippen molar-refractivity contribution >= 4 is 11.6 Å². The Kier molecular flexibility index (Phi) is 7.66. The molecule has 1 saturated heterocycles. The summed E-state index contributed by atoms with van der Waals surface area (Å²) in [5.41, 5.74) is 1.10. The van der Waals surface area contributed by atoms with Crippen molar-refractivity contribution in [2.75, 3.05) is 57.8 Å². The number of hydrogen-bond acceptors (Lipinski definition) is 4. The van der Waals surface area contributed by atoms with Crippen LogP contribution in [0.2, 0.25) is 0 Å². The van der Waals surface area contributed by atoms with Crippen LogP contribution < -0.4 is 15.5 Å².